The molecule has 0 aromatic heterocycles. The molecule has 1 aliphatic heterocycles. The van der Waals surface area contributed by atoms with Crippen LogP contribution in [0.25, 0.3) is 0 Å². The van der Waals surface area contributed by atoms with Gasteiger partial charge in [0.25, 0.3) is 0 Å². The molecule has 1 aromatic carbocycles. The molecule has 0 saturated carbocycles. The maximum atomic E-state index is 12.3. The van der Waals surface area contributed by atoms with Gasteiger partial charge in [-0.05, 0) is 25.0 Å². The molecular weight excluding hydrogens is 276 g/mol. The molecule has 0 aliphatic carbocycles. The number of thioether (sulfide) groups is 1. The van der Waals surface area contributed by atoms with E-state index in [2.05, 4.69) is 5.32 Å². The van der Waals surface area contributed by atoms with Crippen LogP contribution < -0.4 is 5.32 Å². The summed E-state index contributed by atoms with van der Waals surface area (Å²) in [6.07, 6.45) is 0.809. The Kier molecular flexibility index (Phi) is 4.54. The second kappa shape index (κ2) is 6.17. The maximum absolute atomic E-state index is 12.3. The number of nitrogens with one attached hydrogen (secondary N) is 1. The Morgan fingerprint density at radius 2 is 2.15 bits per heavy atom. The van der Waals surface area contributed by atoms with Gasteiger partial charge in [-0.15, -0.1) is 11.8 Å². The van der Waals surface area contributed by atoms with Gasteiger partial charge in [-0.2, -0.15) is 0 Å². The van der Waals surface area contributed by atoms with Crippen molar-refractivity contribution >= 4 is 29.4 Å². The first-order valence-electron chi connectivity index (χ1n) is 6.56. The number of benzene rings is 1. The van der Waals surface area contributed by atoms with Crippen LogP contribution in [0.15, 0.2) is 24.3 Å². The molecule has 2 atom stereocenters. The molecule has 2 N–H and O–H groups in total. The molecule has 0 radical (unpaired) electrons. The van der Waals surface area contributed by atoms with E-state index in [0.717, 1.165) is 17.7 Å². The highest BCUT2D eigenvalue weighted by atomic mass is 32.2. The fraction of sp³-hybridized carbons (Fsp3) is 0.429. The van der Waals surface area contributed by atoms with Crippen molar-refractivity contribution in [1.29, 1.82) is 0 Å². The van der Waals surface area contributed by atoms with E-state index >= 15 is 0 Å². The lowest BCUT2D eigenvalue weighted by atomic mass is 10.1. The van der Waals surface area contributed by atoms with E-state index in [4.69, 9.17) is 0 Å². The van der Waals surface area contributed by atoms with Crippen LogP contribution in [-0.4, -0.2) is 39.2 Å². The van der Waals surface area contributed by atoms with Crippen molar-refractivity contribution in [2.24, 2.45) is 0 Å². The molecule has 20 heavy (non-hydrogen) atoms. The van der Waals surface area contributed by atoms with Crippen LogP contribution in [0, 0.1) is 0 Å². The number of amides is 2. The number of para-hydroxylation sites is 1. The molecule has 108 valence electrons. The Morgan fingerprint density at radius 3 is 2.80 bits per heavy atom. The minimum absolute atomic E-state index is 0.134. The zero-order valence-electron chi connectivity index (χ0n) is 11.5. The lowest BCUT2D eigenvalue weighted by Crippen LogP contribution is -2.46. The number of nitrogens with zero attached hydrogens (tertiary/aromatic N) is 1. The Hall–Kier alpha value is -1.69. The van der Waals surface area contributed by atoms with E-state index in [1.165, 1.54) is 16.7 Å². The summed E-state index contributed by atoms with van der Waals surface area (Å²) >= 11 is 1.47. The molecule has 1 aliphatic rings. The zero-order chi connectivity index (χ0) is 14.7. The Bertz CT molecular complexity index is 521. The average Bonchev–Trinajstić information content (AvgIpc) is 2.81. The first-order valence-corrected chi connectivity index (χ1v) is 7.61. The predicted octanol–water partition coefficient (Wildman–Crippen LogP) is 2.63. The number of anilines is 1. The van der Waals surface area contributed by atoms with Gasteiger partial charge in [0.15, 0.2) is 0 Å². The molecule has 2 amide bonds. The number of carbonyl (C=O) groups is 2. The molecule has 5 nitrogen and oxygen atoms in total. The summed E-state index contributed by atoms with van der Waals surface area (Å²) in [5, 5.41) is 11.9. The molecule has 1 aromatic rings. The molecule has 1 fully saturated rings. The van der Waals surface area contributed by atoms with Crippen molar-refractivity contribution in [3.05, 3.63) is 29.8 Å². The highest BCUT2D eigenvalue weighted by Gasteiger charge is 2.39. The molecular formula is C14H18N2O3S. The van der Waals surface area contributed by atoms with E-state index in [0.29, 0.717) is 5.75 Å². The predicted molar refractivity (Wildman–Crippen MR) is 80.0 cm³/mol. The summed E-state index contributed by atoms with van der Waals surface area (Å²) < 4.78 is 0. The lowest BCUT2D eigenvalue weighted by Gasteiger charge is -2.25. The Morgan fingerprint density at radius 1 is 1.45 bits per heavy atom. The van der Waals surface area contributed by atoms with Crippen molar-refractivity contribution in [3.8, 4) is 0 Å². The van der Waals surface area contributed by atoms with Gasteiger partial charge in [-0.25, -0.2) is 9.59 Å². The van der Waals surface area contributed by atoms with Crippen molar-refractivity contribution in [3.63, 3.8) is 0 Å². The van der Waals surface area contributed by atoms with Gasteiger partial charge in [-0.3, -0.25) is 4.90 Å². The van der Waals surface area contributed by atoms with Gasteiger partial charge >= 0.3 is 12.0 Å². The van der Waals surface area contributed by atoms with Crippen molar-refractivity contribution in [1.82, 2.24) is 4.90 Å². The quantitative estimate of drug-likeness (QED) is 0.899. The van der Waals surface area contributed by atoms with Crippen LogP contribution in [0.3, 0.4) is 0 Å². The number of urea groups is 1. The standard InChI is InChI=1S/C14H18N2O3S/c1-3-10-6-4-5-7-11(10)15-14(19)16-9(2)20-8-12(16)13(17)18/h4-7,9,12H,3,8H2,1-2H3,(H,15,19)(H,17,18). The number of carboxylic acids is 1. The van der Waals surface area contributed by atoms with E-state index < -0.39 is 12.0 Å². The Labute approximate surface area is 122 Å². The second-order valence-electron chi connectivity index (χ2n) is 4.63. The van der Waals surface area contributed by atoms with Gasteiger partial charge in [0.1, 0.15) is 6.04 Å². The highest BCUT2D eigenvalue weighted by molar-refractivity contribution is 8.00. The van der Waals surface area contributed by atoms with E-state index in [9.17, 15) is 14.7 Å². The van der Waals surface area contributed by atoms with Crippen molar-refractivity contribution in [2.45, 2.75) is 31.7 Å². The number of hydrogen-bond acceptors (Lipinski definition) is 3. The number of aliphatic carboxylic acids is 1. The van der Waals surface area contributed by atoms with Gasteiger partial charge in [-0.1, -0.05) is 25.1 Å². The van der Waals surface area contributed by atoms with Crippen LogP contribution >= 0.6 is 11.8 Å². The fourth-order valence-electron chi connectivity index (χ4n) is 2.27. The van der Waals surface area contributed by atoms with Gasteiger partial charge in [0, 0.05) is 11.4 Å². The number of carbonyl (C=O) groups excluding carboxylic acids is 1. The van der Waals surface area contributed by atoms with E-state index in [1.807, 2.05) is 38.1 Å². The average molecular weight is 294 g/mol. The van der Waals surface area contributed by atoms with Gasteiger partial charge < -0.3 is 10.4 Å². The number of rotatable bonds is 3. The first-order chi connectivity index (χ1) is 9.54. The Balaban J connectivity index is 2.16. The molecule has 0 bridgehead atoms. The minimum Gasteiger partial charge on any atom is -0.480 e. The van der Waals surface area contributed by atoms with Crippen molar-refractivity contribution in [2.75, 3.05) is 11.1 Å². The fourth-order valence-corrected chi connectivity index (χ4v) is 3.44. The smallest absolute Gasteiger partial charge is 0.327 e. The topological polar surface area (TPSA) is 69.6 Å². The zero-order valence-corrected chi connectivity index (χ0v) is 12.3. The summed E-state index contributed by atoms with van der Waals surface area (Å²) in [6.45, 7) is 3.86. The largest absolute Gasteiger partial charge is 0.480 e. The number of aryl methyl sites for hydroxylation is 1. The lowest BCUT2D eigenvalue weighted by molar-refractivity contribution is -0.141. The number of hydrogen-bond donors (Lipinski definition) is 2. The monoisotopic (exact) mass is 294 g/mol. The van der Waals surface area contributed by atoms with E-state index in [1.54, 1.807) is 0 Å². The highest BCUT2D eigenvalue weighted by Crippen LogP contribution is 2.29. The number of carboxylic acid groups (broad SMARTS) is 1. The molecule has 6 heteroatoms. The minimum atomic E-state index is -0.958. The molecule has 2 rings (SSSR count). The molecule has 0 spiro atoms. The summed E-state index contributed by atoms with van der Waals surface area (Å²) in [4.78, 5) is 25.0. The normalized spacial score (nSPS) is 21.8. The van der Waals surface area contributed by atoms with Gasteiger partial charge in [0.2, 0.25) is 0 Å². The molecule has 1 heterocycles. The molecule has 1 saturated heterocycles. The summed E-state index contributed by atoms with van der Waals surface area (Å²) in [6, 6.07) is 6.45. The first kappa shape index (κ1) is 14.7. The van der Waals surface area contributed by atoms with Crippen LogP contribution in [0.2, 0.25) is 0 Å². The van der Waals surface area contributed by atoms with E-state index in [-0.39, 0.29) is 11.4 Å². The SMILES string of the molecule is CCc1ccccc1NC(=O)N1C(C)SCC1C(=O)O. The summed E-state index contributed by atoms with van der Waals surface area (Å²) in [5.74, 6) is -0.528. The third-order valence-electron chi connectivity index (χ3n) is 3.38. The van der Waals surface area contributed by atoms with Crippen molar-refractivity contribution < 1.29 is 14.7 Å². The van der Waals surface area contributed by atoms with Gasteiger partial charge in [0.05, 0.1) is 5.37 Å². The summed E-state index contributed by atoms with van der Waals surface area (Å²) in [5.41, 5.74) is 1.78. The van der Waals surface area contributed by atoms with Crippen LogP contribution in [0.1, 0.15) is 19.4 Å². The maximum Gasteiger partial charge on any atom is 0.327 e. The second-order valence-corrected chi connectivity index (χ2v) is 5.98. The molecule has 2 unspecified atom stereocenters. The van der Waals surface area contributed by atoms with Crippen LogP contribution in [0.5, 0.6) is 0 Å². The summed E-state index contributed by atoms with van der Waals surface area (Å²) in [7, 11) is 0. The third-order valence-corrected chi connectivity index (χ3v) is 4.60. The van der Waals surface area contributed by atoms with Crippen LogP contribution in [0.4, 0.5) is 10.5 Å². The van der Waals surface area contributed by atoms with Crippen LogP contribution in [-0.2, 0) is 11.2 Å². The third kappa shape index (κ3) is 2.90.